The molecule has 0 aliphatic carbocycles. The molecule has 1 aliphatic rings. The minimum Gasteiger partial charge on any atom is -0.423 e. The Hall–Kier alpha value is -4.08. The Labute approximate surface area is 189 Å². The fourth-order valence-corrected chi connectivity index (χ4v) is 3.61. The lowest BCUT2D eigenvalue weighted by Crippen LogP contribution is -2.52. The quantitative estimate of drug-likeness (QED) is 0.614. The van der Waals surface area contributed by atoms with E-state index in [2.05, 4.69) is 15.5 Å². The van der Waals surface area contributed by atoms with Crippen molar-refractivity contribution in [1.82, 2.24) is 25.3 Å². The van der Waals surface area contributed by atoms with E-state index in [9.17, 15) is 18.8 Å². The van der Waals surface area contributed by atoms with Gasteiger partial charge in [-0.25, -0.2) is 4.39 Å². The van der Waals surface area contributed by atoms with Crippen LogP contribution in [0, 0.1) is 0 Å². The minimum atomic E-state index is -0.709. The molecule has 1 saturated heterocycles. The van der Waals surface area contributed by atoms with Crippen LogP contribution < -0.4 is 5.32 Å². The van der Waals surface area contributed by atoms with Gasteiger partial charge in [0.15, 0.2) is 0 Å². The maximum atomic E-state index is 13.2. The highest BCUT2D eigenvalue weighted by atomic mass is 19.1. The van der Waals surface area contributed by atoms with Crippen LogP contribution in [-0.2, 0) is 11.5 Å². The molecule has 0 radical (unpaired) electrons. The molecule has 4 rings (SSSR count). The van der Waals surface area contributed by atoms with Gasteiger partial charge < -0.3 is 19.5 Å². The molecule has 3 amide bonds. The van der Waals surface area contributed by atoms with Crippen LogP contribution in [0.15, 0.2) is 59.3 Å². The number of alkyl halides is 1. The van der Waals surface area contributed by atoms with E-state index in [0.29, 0.717) is 54.3 Å². The summed E-state index contributed by atoms with van der Waals surface area (Å²) in [5.74, 6) is -0.505. The van der Waals surface area contributed by atoms with E-state index in [1.807, 2.05) is 0 Å². The van der Waals surface area contributed by atoms with Crippen LogP contribution in [0.2, 0.25) is 0 Å². The van der Waals surface area contributed by atoms with Gasteiger partial charge in [-0.05, 0) is 35.9 Å². The summed E-state index contributed by atoms with van der Waals surface area (Å²) in [5.41, 5.74) is 1.78. The maximum absolute atomic E-state index is 13.2. The number of nitrogens with one attached hydrogen (secondary N) is 1. The van der Waals surface area contributed by atoms with Gasteiger partial charge in [-0.2, -0.15) is 0 Å². The number of amides is 3. The summed E-state index contributed by atoms with van der Waals surface area (Å²) >= 11 is 0. The fourth-order valence-electron chi connectivity index (χ4n) is 3.61. The largest absolute Gasteiger partial charge is 0.423 e. The molecule has 0 saturated carbocycles. The van der Waals surface area contributed by atoms with Gasteiger partial charge in [0.05, 0.1) is 6.54 Å². The monoisotopic (exact) mass is 451 g/mol. The number of aromatic nitrogens is 2. The van der Waals surface area contributed by atoms with Crippen LogP contribution in [0.4, 0.5) is 4.39 Å². The minimum absolute atomic E-state index is 0.150. The molecule has 0 spiro atoms. The van der Waals surface area contributed by atoms with Gasteiger partial charge >= 0.3 is 0 Å². The lowest BCUT2D eigenvalue weighted by molar-refractivity contribution is -0.131. The van der Waals surface area contributed by atoms with Gasteiger partial charge in [-0.3, -0.25) is 14.4 Å². The summed E-state index contributed by atoms with van der Waals surface area (Å²) in [6.07, 6.45) is 1.22. The van der Waals surface area contributed by atoms with E-state index in [0.717, 1.165) is 0 Å². The third kappa shape index (κ3) is 5.05. The fraction of sp³-hybridized carbons (Fsp3) is 0.261. The predicted octanol–water partition coefficient (Wildman–Crippen LogP) is 1.92. The Morgan fingerprint density at radius 2 is 1.67 bits per heavy atom. The molecule has 10 heteroatoms. The Morgan fingerprint density at radius 3 is 2.33 bits per heavy atom. The number of piperazine rings is 1. The highest BCUT2D eigenvalue weighted by Crippen LogP contribution is 2.17. The number of hydrogen-bond donors (Lipinski definition) is 1. The molecule has 2 heterocycles. The zero-order valence-corrected chi connectivity index (χ0v) is 17.7. The molecule has 9 nitrogen and oxygen atoms in total. The smallest absolute Gasteiger partial charge is 0.254 e. The van der Waals surface area contributed by atoms with Gasteiger partial charge in [0.1, 0.15) is 6.67 Å². The van der Waals surface area contributed by atoms with Crippen LogP contribution in [0.25, 0.3) is 11.5 Å². The van der Waals surface area contributed by atoms with Crippen LogP contribution in [-0.4, -0.2) is 70.4 Å². The number of carbonyl (C=O) groups is 3. The lowest BCUT2D eigenvalue weighted by atomic mass is 10.1. The highest BCUT2D eigenvalue weighted by Gasteiger charge is 2.26. The van der Waals surface area contributed by atoms with E-state index in [1.54, 1.807) is 58.3 Å². The van der Waals surface area contributed by atoms with E-state index in [1.165, 1.54) is 6.39 Å². The topological polar surface area (TPSA) is 109 Å². The predicted molar refractivity (Wildman–Crippen MR) is 116 cm³/mol. The Bertz CT molecular complexity index is 1130. The van der Waals surface area contributed by atoms with Crippen LogP contribution in [0.3, 0.4) is 0 Å². The van der Waals surface area contributed by atoms with Crippen LogP contribution in [0.5, 0.6) is 0 Å². The van der Waals surface area contributed by atoms with Crippen molar-refractivity contribution in [3.05, 3.63) is 71.6 Å². The molecule has 1 aliphatic heterocycles. The second kappa shape index (κ2) is 10.0. The SMILES string of the molecule is O=C(NCC(=O)N1CCN(C(=O)c2ccccc2CF)CC1)c1ccc(-c2nnco2)cc1. The van der Waals surface area contributed by atoms with Crippen molar-refractivity contribution < 1.29 is 23.2 Å². The first-order valence-corrected chi connectivity index (χ1v) is 10.4. The summed E-state index contributed by atoms with van der Waals surface area (Å²) in [6, 6.07) is 13.2. The van der Waals surface area contributed by atoms with E-state index < -0.39 is 6.67 Å². The molecule has 3 aromatic rings. The molecule has 1 fully saturated rings. The van der Waals surface area contributed by atoms with Gasteiger partial charge in [-0.15, -0.1) is 10.2 Å². The Morgan fingerprint density at radius 1 is 0.970 bits per heavy atom. The standard InChI is InChI=1S/C23H22FN5O4/c24-13-18-3-1-2-4-19(18)23(32)29-11-9-28(10-12-29)20(30)14-25-21(31)16-5-7-17(8-6-16)22-27-26-15-33-22/h1-8,15H,9-14H2,(H,25,31). The lowest BCUT2D eigenvalue weighted by Gasteiger charge is -2.35. The van der Waals surface area contributed by atoms with E-state index in [-0.39, 0.29) is 24.3 Å². The highest BCUT2D eigenvalue weighted by molar-refractivity contribution is 5.97. The Kier molecular flexibility index (Phi) is 6.72. The van der Waals surface area contributed by atoms with Gasteiger partial charge in [0, 0.05) is 42.9 Å². The number of nitrogens with zero attached hydrogens (tertiary/aromatic N) is 4. The first kappa shape index (κ1) is 22.1. The van der Waals surface area contributed by atoms with Crippen molar-refractivity contribution in [2.75, 3.05) is 32.7 Å². The number of halogens is 1. The third-order valence-electron chi connectivity index (χ3n) is 5.47. The molecule has 170 valence electrons. The second-order valence-electron chi connectivity index (χ2n) is 7.47. The summed E-state index contributed by atoms with van der Waals surface area (Å²) in [6.45, 7) is 0.517. The zero-order chi connectivity index (χ0) is 23.2. The number of carbonyl (C=O) groups excluding carboxylic acids is 3. The summed E-state index contributed by atoms with van der Waals surface area (Å²) in [4.78, 5) is 40.8. The second-order valence-corrected chi connectivity index (χ2v) is 7.47. The van der Waals surface area contributed by atoms with E-state index in [4.69, 9.17) is 4.42 Å². The third-order valence-corrected chi connectivity index (χ3v) is 5.47. The summed E-state index contributed by atoms with van der Waals surface area (Å²) in [7, 11) is 0. The van der Waals surface area contributed by atoms with Crippen molar-refractivity contribution in [3.8, 4) is 11.5 Å². The normalized spacial score (nSPS) is 13.6. The Balaban J connectivity index is 1.26. The number of rotatable bonds is 6. The van der Waals surface area contributed by atoms with Crippen molar-refractivity contribution in [2.45, 2.75) is 6.67 Å². The molecule has 2 aromatic carbocycles. The maximum Gasteiger partial charge on any atom is 0.254 e. The molecule has 1 aromatic heterocycles. The van der Waals surface area contributed by atoms with Crippen molar-refractivity contribution in [2.24, 2.45) is 0 Å². The summed E-state index contributed by atoms with van der Waals surface area (Å²) < 4.78 is 18.3. The number of hydrogen-bond acceptors (Lipinski definition) is 6. The van der Waals surface area contributed by atoms with Gasteiger partial charge in [0.25, 0.3) is 11.8 Å². The van der Waals surface area contributed by atoms with Gasteiger partial charge in [-0.1, -0.05) is 18.2 Å². The molecular weight excluding hydrogens is 429 g/mol. The molecule has 0 unspecified atom stereocenters. The summed E-state index contributed by atoms with van der Waals surface area (Å²) in [5, 5.41) is 10.0. The molecule has 1 N–H and O–H groups in total. The average molecular weight is 451 g/mol. The van der Waals surface area contributed by atoms with Crippen molar-refractivity contribution in [1.29, 1.82) is 0 Å². The first-order chi connectivity index (χ1) is 16.1. The van der Waals surface area contributed by atoms with Gasteiger partial charge in [0.2, 0.25) is 18.2 Å². The molecule has 33 heavy (non-hydrogen) atoms. The van der Waals surface area contributed by atoms with Crippen LogP contribution in [0.1, 0.15) is 26.3 Å². The zero-order valence-electron chi connectivity index (χ0n) is 17.7. The average Bonchev–Trinajstić information content (AvgIpc) is 3.42. The van der Waals surface area contributed by atoms with E-state index >= 15 is 0 Å². The number of benzene rings is 2. The van der Waals surface area contributed by atoms with Crippen molar-refractivity contribution in [3.63, 3.8) is 0 Å². The first-order valence-electron chi connectivity index (χ1n) is 10.4. The van der Waals surface area contributed by atoms with Crippen LogP contribution >= 0.6 is 0 Å². The molecular formula is C23H22FN5O4. The molecule has 0 atom stereocenters. The molecule has 0 bridgehead atoms. The van der Waals surface area contributed by atoms with Crippen molar-refractivity contribution >= 4 is 17.7 Å².